The number of nitrogens with one attached hydrogen (secondary N) is 1. The summed E-state index contributed by atoms with van der Waals surface area (Å²) < 4.78 is 19.1. The van der Waals surface area contributed by atoms with Crippen molar-refractivity contribution in [2.45, 2.75) is 57.2 Å². The summed E-state index contributed by atoms with van der Waals surface area (Å²) in [7, 11) is 0. The van der Waals surface area contributed by atoms with Crippen molar-refractivity contribution in [3.8, 4) is 5.75 Å². The maximum Gasteiger partial charge on any atom is 0.126 e. The van der Waals surface area contributed by atoms with E-state index >= 15 is 0 Å². The van der Waals surface area contributed by atoms with E-state index in [1.54, 1.807) is 12.1 Å². The van der Waals surface area contributed by atoms with Gasteiger partial charge in [0.25, 0.3) is 0 Å². The number of halogens is 1. The molecule has 0 saturated heterocycles. The van der Waals surface area contributed by atoms with Crippen molar-refractivity contribution in [3.05, 3.63) is 30.1 Å². The van der Waals surface area contributed by atoms with Crippen LogP contribution in [0.5, 0.6) is 5.75 Å². The van der Waals surface area contributed by atoms with Gasteiger partial charge in [0.2, 0.25) is 0 Å². The minimum Gasteiger partial charge on any atom is -0.490 e. The summed E-state index contributed by atoms with van der Waals surface area (Å²) in [5, 5.41) is 13.2. The highest BCUT2D eigenvalue weighted by atomic mass is 19.1. The van der Waals surface area contributed by atoms with Crippen LogP contribution in [-0.2, 0) is 0 Å². The fraction of sp³-hybridized carbons (Fsp3) is 0.625. The first-order valence-corrected chi connectivity index (χ1v) is 7.34. The third kappa shape index (κ3) is 3.93. The molecule has 1 aliphatic rings. The van der Waals surface area contributed by atoms with Crippen LogP contribution in [-0.4, -0.2) is 29.4 Å². The number of ether oxygens (including phenoxy) is 1. The molecule has 4 heteroatoms. The summed E-state index contributed by atoms with van der Waals surface area (Å²) in [5.74, 6) is 0.278. The van der Waals surface area contributed by atoms with Crippen molar-refractivity contribution < 1.29 is 14.2 Å². The predicted octanol–water partition coefficient (Wildman–Crippen LogP) is 2.88. The Bertz CT molecular complexity index is 438. The average Bonchev–Trinajstić information content (AvgIpc) is 2.38. The summed E-state index contributed by atoms with van der Waals surface area (Å²) in [4.78, 5) is 0. The number of aliphatic hydroxyl groups excluding tert-OH is 1. The molecule has 3 nitrogen and oxygen atoms in total. The highest BCUT2D eigenvalue weighted by molar-refractivity contribution is 5.22. The molecule has 1 saturated carbocycles. The summed E-state index contributed by atoms with van der Waals surface area (Å²) in [6.45, 7) is 4.26. The van der Waals surface area contributed by atoms with Gasteiger partial charge in [-0.15, -0.1) is 0 Å². The zero-order valence-electron chi connectivity index (χ0n) is 12.2. The topological polar surface area (TPSA) is 41.5 Å². The van der Waals surface area contributed by atoms with Crippen LogP contribution in [0.1, 0.15) is 39.5 Å². The molecule has 1 aromatic rings. The molecule has 1 aliphatic carbocycles. The van der Waals surface area contributed by atoms with Crippen LogP contribution in [0.25, 0.3) is 0 Å². The molecule has 2 unspecified atom stereocenters. The summed E-state index contributed by atoms with van der Waals surface area (Å²) in [5.41, 5.74) is -0.273. The van der Waals surface area contributed by atoms with Gasteiger partial charge < -0.3 is 15.2 Å². The number of hydrogen-bond acceptors (Lipinski definition) is 3. The summed E-state index contributed by atoms with van der Waals surface area (Å²) >= 11 is 0. The van der Waals surface area contributed by atoms with E-state index in [9.17, 15) is 9.50 Å². The smallest absolute Gasteiger partial charge is 0.126 e. The van der Waals surface area contributed by atoms with Crippen molar-refractivity contribution in [1.29, 1.82) is 0 Å². The maximum absolute atomic E-state index is 13.2. The Morgan fingerprint density at radius 2 is 2.30 bits per heavy atom. The third-order valence-corrected chi connectivity index (χ3v) is 3.80. The van der Waals surface area contributed by atoms with Gasteiger partial charge >= 0.3 is 0 Å². The van der Waals surface area contributed by atoms with E-state index < -0.39 is 0 Å². The molecule has 2 rings (SSSR count). The first-order chi connectivity index (χ1) is 9.53. The van der Waals surface area contributed by atoms with Gasteiger partial charge in [0, 0.05) is 24.1 Å². The molecule has 112 valence electrons. The Balaban J connectivity index is 2.02. The Hall–Kier alpha value is -1.13. The van der Waals surface area contributed by atoms with E-state index in [4.69, 9.17) is 4.74 Å². The number of rotatable bonds is 5. The molecular weight excluding hydrogens is 257 g/mol. The van der Waals surface area contributed by atoms with Crippen molar-refractivity contribution >= 4 is 0 Å². The molecule has 0 amide bonds. The van der Waals surface area contributed by atoms with Crippen LogP contribution in [0.2, 0.25) is 0 Å². The van der Waals surface area contributed by atoms with E-state index in [-0.39, 0.29) is 24.1 Å². The van der Waals surface area contributed by atoms with Gasteiger partial charge in [-0.25, -0.2) is 4.39 Å². The zero-order valence-corrected chi connectivity index (χ0v) is 12.2. The number of hydrogen-bond donors (Lipinski definition) is 2. The van der Waals surface area contributed by atoms with Crippen molar-refractivity contribution in [1.82, 2.24) is 5.32 Å². The van der Waals surface area contributed by atoms with Crippen LogP contribution in [0.3, 0.4) is 0 Å². The van der Waals surface area contributed by atoms with Crippen LogP contribution in [0.4, 0.5) is 4.39 Å². The normalized spacial score (nSPS) is 26.8. The monoisotopic (exact) mass is 281 g/mol. The Morgan fingerprint density at radius 3 is 2.95 bits per heavy atom. The molecule has 2 N–H and O–H groups in total. The Labute approximate surface area is 120 Å². The zero-order chi connectivity index (χ0) is 14.6. The first kappa shape index (κ1) is 15.3. The molecule has 0 radical (unpaired) electrons. The lowest BCUT2D eigenvalue weighted by Crippen LogP contribution is -2.55. The standard InChI is InChI=1S/C16H24FNO2/c1-12(2)18-16(11-19)8-4-7-15(10-16)20-14-6-3-5-13(17)9-14/h3,5-6,9,12,15,18-19H,4,7-8,10-11H2,1-2H3. The van der Waals surface area contributed by atoms with Gasteiger partial charge in [0.15, 0.2) is 0 Å². The van der Waals surface area contributed by atoms with Crippen molar-refractivity contribution in [2.75, 3.05) is 6.61 Å². The fourth-order valence-corrected chi connectivity index (χ4v) is 3.07. The van der Waals surface area contributed by atoms with Crippen molar-refractivity contribution in [3.63, 3.8) is 0 Å². The maximum atomic E-state index is 13.2. The molecule has 0 aliphatic heterocycles. The quantitative estimate of drug-likeness (QED) is 0.872. The third-order valence-electron chi connectivity index (χ3n) is 3.80. The van der Waals surface area contributed by atoms with E-state index in [1.807, 2.05) is 0 Å². The minimum atomic E-state index is -0.285. The van der Waals surface area contributed by atoms with Crippen LogP contribution in [0.15, 0.2) is 24.3 Å². The Morgan fingerprint density at radius 1 is 1.50 bits per heavy atom. The van der Waals surface area contributed by atoms with E-state index in [0.717, 1.165) is 25.7 Å². The van der Waals surface area contributed by atoms with Crippen LogP contribution in [0, 0.1) is 5.82 Å². The van der Waals surface area contributed by atoms with Gasteiger partial charge in [-0.2, -0.15) is 0 Å². The SMILES string of the molecule is CC(C)NC1(CO)CCCC(Oc2cccc(F)c2)C1. The molecule has 0 aromatic heterocycles. The average molecular weight is 281 g/mol. The van der Waals surface area contributed by atoms with Gasteiger partial charge in [-0.05, 0) is 31.4 Å². The molecule has 2 atom stereocenters. The second-order valence-electron chi connectivity index (χ2n) is 6.03. The number of aliphatic hydroxyl groups is 1. The highest BCUT2D eigenvalue weighted by Gasteiger charge is 2.37. The van der Waals surface area contributed by atoms with Gasteiger partial charge in [0.1, 0.15) is 17.7 Å². The molecule has 0 bridgehead atoms. The summed E-state index contributed by atoms with van der Waals surface area (Å²) in [6.07, 6.45) is 3.66. The lowest BCUT2D eigenvalue weighted by molar-refractivity contribution is 0.0460. The van der Waals surface area contributed by atoms with Gasteiger partial charge in [0.05, 0.1) is 6.61 Å². The Kier molecular flexibility index (Phi) is 5.00. The molecule has 0 spiro atoms. The van der Waals surface area contributed by atoms with Crippen LogP contribution >= 0.6 is 0 Å². The highest BCUT2D eigenvalue weighted by Crippen LogP contribution is 2.31. The van der Waals surface area contributed by atoms with E-state index in [1.165, 1.54) is 12.1 Å². The van der Waals surface area contributed by atoms with Crippen molar-refractivity contribution in [2.24, 2.45) is 0 Å². The van der Waals surface area contributed by atoms with E-state index in [2.05, 4.69) is 19.2 Å². The molecular formula is C16H24FNO2. The van der Waals surface area contributed by atoms with Gasteiger partial charge in [-0.1, -0.05) is 19.9 Å². The molecule has 1 fully saturated rings. The first-order valence-electron chi connectivity index (χ1n) is 7.34. The summed E-state index contributed by atoms with van der Waals surface area (Å²) in [6, 6.07) is 6.56. The molecule has 0 heterocycles. The second kappa shape index (κ2) is 6.55. The second-order valence-corrected chi connectivity index (χ2v) is 6.03. The van der Waals surface area contributed by atoms with E-state index in [0.29, 0.717) is 11.8 Å². The molecule has 1 aromatic carbocycles. The fourth-order valence-electron chi connectivity index (χ4n) is 3.07. The molecule has 20 heavy (non-hydrogen) atoms. The largest absolute Gasteiger partial charge is 0.490 e. The van der Waals surface area contributed by atoms with Crippen LogP contribution < -0.4 is 10.1 Å². The minimum absolute atomic E-state index is 0.0175. The lowest BCUT2D eigenvalue weighted by atomic mass is 9.80. The number of benzene rings is 1. The predicted molar refractivity (Wildman–Crippen MR) is 77.4 cm³/mol. The lowest BCUT2D eigenvalue weighted by Gasteiger charge is -2.41. The van der Waals surface area contributed by atoms with Gasteiger partial charge in [-0.3, -0.25) is 0 Å².